The van der Waals surface area contributed by atoms with Crippen LogP contribution in [0, 0.1) is 0 Å². The van der Waals surface area contributed by atoms with E-state index in [9.17, 15) is 13.2 Å². The Morgan fingerprint density at radius 1 is 1.05 bits per heavy atom. The van der Waals surface area contributed by atoms with Crippen LogP contribution in [0.1, 0.15) is 22.4 Å². The lowest BCUT2D eigenvalue weighted by Gasteiger charge is -2.09. The lowest BCUT2D eigenvalue weighted by Crippen LogP contribution is -2.17. The molecule has 0 amide bonds. The predicted octanol–water partition coefficient (Wildman–Crippen LogP) is 2.90. The molecule has 0 saturated carbocycles. The molecule has 0 spiro atoms. The van der Waals surface area contributed by atoms with E-state index in [2.05, 4.69) is 9.88 Å². The van der Waals surface area contributed by atoms with Gasteiger partial charge in [-0.25, -0.2) is 0 Å². The summed E-state index contributed by atoms with van der Waals surface area (Å²) in [6.07, 6.45) is -1.81. The van der Waals surface area contributed by atoms with Crippen LogP contribution in [0.5, 0.6) is 0 Å². The van der Waals surface area contributed by atoms with Crippen molar-refractivity contribution >= 4 is 10.9 Å². The Kier molecular flexibility index (Phi) is 2.46. The van der Waals surface area contributed by atoms with Crippen LogP contribution in [0.4, 0.5) is 13.2 Å². The number of rotatable bonds is 0. The van der Waals surface area contributed by atoms with E-state index in [-0.39, 0.29) is 0 Å². The zero-order valence-electron chi connectivity index (χ0n) is 11.0. The molecule has 0 atom stereocenters. The van der Waals surface area contributed by atoms with Crippen LogP contribution in [-0.2, 0) is 32.0 Å². The Balaban J connectivity index is 2.03. The highest BCUT2D eigenvalue weighted by Gasteiger charge is 2.34. The average Bonchev–Trinajstić information content (AvgIpc) is 2.84. The van der Waals surface area contributed by atoms with Crippen molar-refractivity contribution in [2.75, 3.05) is 13.1 Å². The molecule has 0 unspecified atom stereocenters. The van der Waals surface area contributed by atoms with E-state index in [0.29, 0.717) is 0 Å². The smallest absolute Gasteiger partial charge is 0.344 e. The number of hydrogen-bond donors (Lipinski definition) is 1. The van der Waals surface area contributed by atoms with Gasteiger partial charge in [0.1, 0.15) is 0 Å². The summed E-state index contributed by atoms with van der Waals surface area (Å²) in [7, 11) is 0. The van der Waals surface area contributed by atoms with Crippen molar-refractivity contribution in [2.24, 2.45) is 0 Å². The molecule has 2 nitrogen and oxygen atoms in total. The Labute approximate surface area is 114 Å². The normalized spacial score (nSPS) is 18.4. The molecule has 4 rings (SSSR count). The van der Waals surface area contributed by atoms with Gasteiger partial charge in [-0.2, -0.15) is 13.2 Å². The van der Waals surface area contributed by atoms with Crippen molar-refractivity contribution in [3.8, 4) is 0 Å². The zero-order valence-corrected chi connectivity index (χ0v) is 11.0. The molecule has 20 heavy (non-hydrogen) atoms. The van der Waals surface area contributed by atoms with Crippen molar-refractivity contribution in [3.63, 3.8) is 0 Å². The quantitative estimate of drug-likeness (QED) is 0.785. The molecule has 0 saturated heterocycles. The van der Waals surface area contributed by atoms with Crippen LogP contribution in [0.15, 0.2) is 12.1 Å². The first kappa shape index (κ1) is 12.3. The standard InChI is InChI=1S/C15H15F3N2/c16-15(17,18)10-7-9-3-6-20-13-2-5-19-4-1-11(13)12(8-10)14(9)20/h7-8,19H,1-6H2. The molecule has 2 aliphatic heterocycles. The maximum Gasteiger partial charge on any atom is 0.416 e. The number of hydrogen-bond acceptors (Lipinski definition) is 1. The summed E-state index contributed by atoms with van der Waals surface area (Å²) >= 11 is 0. The second-order valence-electron chi connectivity index (χ2n) is 5.61. The van der Waals surface area contributed by atoms with Gasteiger partial charge in [0, 0.05) is 30.6 Å². The van der Waals surface area contributed by atoms with Gasteiger partial charge in [0.2, 0.25) is 0 Å². The van der Waals surface area contributed by atoms with Gasteiger partial charge < -0.3 is 9.88 Å². The molecule has 5 heteroatoms. The Hall–Kier alpha value is -1.49. The van der Waals surface area contributed by atoms with E-state index in [1.807, 2.05) is 0 Å². The second-order valence-corrected chi connectivity index (χ2v) is 5.61. The number of aryl methyl sites for hydroxylation is 2. The topological polar surface area (TPSA) is 17.0 Å². The first-order valence-electron chi connectivity index (χ1n) is 7.00. The van der Waals surface area contributed by atoms with Crippen LogP contribution < -0.4 is 5.32 Å². The number of nitrogens with one attached hydrogen (secondary N) is 1. The third-order valence-corrected chi connectivity index (χ3v) is 4.48. The van der Waals surface area contributed by atoms with Crippen LogP contribution >= 0.6 is 0 Å². The molecular weight excluding hydrogens is 265 g/mol. The third kappa shape index (κ3) is 1.62. The van der Waals surface area contributed by atoms with E-state index in [4.69, 9.17) is 0 Å². The largest absolute Gasteiger partial charge is 0.416 e. The van der Waals surface area contributed by atoms with E-state index in [1.165, 1.54) is 17.8 Å². The zero-order chi connectivity index (χ0) is 13.9. The van der Waals surface area contributed by atoms with Gasteiger partial charge in [-0.15, -0.1) is 0 Å². The molecule has 106 valence electrons. The molecule has 1 aromatic carbocycles. The average molecular weight is 280 g/mol. The van der Waals surface area contributed by atoms with Crippen LogP contribution in [0.3, 0.4) is 0 Å². The molecule has 0 fully saturated rings. The van der Waals surface area contributed by atoms with Crippen molar-refractivity contribution in [3.05, 3.63) is 34.5 Å². The van der Waals surface area contributed by atoms with Gasteiger partial charge in [0.25, 0.3) is 0 Å². The number of nitrogens with zero attached hydrogens (tertiary/aromatic N) is 1. The van der Waals surface area contributed by atoms with Gasteiger partial charge in [0.05, 0.1) is 11.1 Å². The van der Waals surface area contributed by atoms with Crippen LogP contribution in [0.2, 0.25) is 0 Å². The fourth-order valence-electron chi connectivity index (χ4n) is 3.64. The monoisotopic (exact) mass is 280 g/mol. The van der Waals surface area contributed by atoms with E-state index in [1.54, 1.807) is 0 Å². The first-order chi connectivity index (χ1) is 9.55. The summed E-state index contributed by atoms with van der Waals surface area (Å²) in [4.78, 5) is 0. The second kappa shape index (κ2) is 4.01. The molecule has 0 bridgehead atoms. The summed E-state index contributed by atoms with van der Waals surface area (Å²) in [5, 5.41) is 4.15. The molecule has 0 radical (unpaired) electrons. The van der Waals surface area contributed by atoms with Gasteiger partial charge in [0.15, 0.2) is 0 Å². The molecule has 1 N–H and O–H groups in total. The summed E-state index contributed by atoms with van der Waals surface area (Å²) < 4.78 is 41.4. The highest BCUT2D eigenvalue weighted by atomic mass is 19.4. The third-order valence-electron chi connectivity index (χ3n) is 4.48. The fraction of sp³-hybridized carbons (Fsp3) is 0.467. The van der Waals surface area contributed by atoms with E-state index in [0.717, 1.165) is 60.9 Å². The minimum absolute atomic E-state index is 0.501. The summed E-state index contributed by atoms with van der Waals surface area (Å²) in [5.41, 5.74) is 3.76. The number of benzene rings is 1. The summed E-state index contributed by atoms with van der Waals surface area (Å²) in [6, 6.07) is 2.69. The van der Waals surface area contributed by atoms with Crippen molar-refractivity contribution in [1.82, 2.24) is 9.88 Å². The van der Waals surface area contributed by atoms with Gasteiger partial charge in [-0.1, -0.05) is 0 Å². The minimum atomic E-state index is -4.26. The lowest BCUT2D eigenvalue weighted by atomic mass is 10.00. The van der Waals surface area contributed by atoms with Gasteiger partial charge in [-0.05, 0) is 42.6 Å². The Morgan fingerprint density at radius 2 is 1.85 bits per heavy atom. The Morgan fingerprint density at radius 3 is 2.65 bits per heavy atom. The number of alkyl halides is 3. The molecular formula is C15H15F3N2. The molecule has 1 aromatic heterocycles. The van der Waals surface area contributed by atoms with Crippen LogP contribution in [0.25, 0.3) is 10.9 Å². The maximum absolute atomic E-state index is 13.0. The van der Waals surface area contributed by atoms with Gasteiger partial charge >= 0.3 is 6.18 Å². The van der Waals surface area contributed by atoms with E-state index < -0.39 is 11.7 Å². The highest BCUT2D eigenvalue weighted by Crippen LogP contribution is 2.39. The fourth-order valence-corrected chi connectivity index (χ4v) is 3.64. The molecule has 0 aliphatic carbocycles. The number of halogens is 3. The molecule has 3 heterocycles. The first-order valence-corrected chi connectivity index (χ1v) is 7.00. The lowest BCUT2D eigenvalue weighted by molar-refractivity contribution is -0.137. The number of fused-ring (bicyclic) bond motifs is 3. The number of aromatic nitrogens is 1. The predicted molar refractivity (Wildman–Crippen MR) is 70.9 cm³/mol. The molecule has 2 aliphatic rings. The van der Waals surface area contributed by atoms with Crippen molar-refractivity contribution in [1.29, 1.82) is 0 Å². The van der Waals surface area contributed by atoms with Crippen molar-refractivity contribution < 1.29 is 13.2 Å². The van der Waals surface area contributed by atoms with E-state index >= 15 is 0 Å². The van der Waals surface area contributed by atoms with Crippen LogP contribution in [-0.4, -0.2) is 17.7 Å². The Bertz CT molecular complexity index is 697. The summed E-state index contributed by atoms with van der Waals surface area (Å²) in [6.45, 7) is 2.57. The SMILES string of the molecule is FC(F)(F)c1cc2c3c(c1)c1c(n3CC2)CCNCC1. The van der Waals surface area contributed by atoms with Crippen molar-refractivity contribution in [2.45, 2.75) is 32.0 Å². The summed E-state index contributed by atoms with van der Waals surface area (Å²) in [5.74, 6) is 0. The van der Waals surface area contributed by atoms with Gasteiger partial charge in [-0.3, -0.25) is 0 Å². The molecule has 2 aromatic rings. The minimum Gasteiger partial charge on any atom is -0.344 e. The highest BCUT2D eigenvalue weighted by molar-refractivity contribution is 5.90. The maximum atomic E-state index is 13.0.